The quantitative estimate of drug-likeness (QED) is 0.580. The first kappa shape index (κ1) is 14.2. The molecule has 1 rings (SSSR count). The zero-order chi connectivity index (χ0) is 12.7. The second-order valence-electron chi connectivity index (χ2n) is 3.24. The van der Waals surface area contributed by atoms with Crippen LogP contribution in [0.15, 0.2) is 24.3 Å². The van der Waals surface area contributed by atoms with Crippen molar-refractivity contribution in [2.75, 3.05) is 11.9 Å². The Kier molecular flexibility index (Phi) is 5.61. The lowest BCUT2D eigenvalue weighted by Crippen LogP contribution is -2.17. The summed E-state index contributed by atoms with van der Waals surface area (Å²) in [5.74, 6) is -0.196. The first-order valence-corrected chi connectivity index (χ1v) is 6.18. The summed E-state index contributed by atoms with van der Waals surface area (Å²) in [4.78, 5) is 0. The van der Waals surface area contributed by atoms with Gasteiger partial charge in [-0.15, -0.1) is 13.2 Å². The Morgan fingerprint density at radius 2 is 1.71 bits per heavy atom. The lowest BCUT2D eigenvalue weighted by atomic mass is 10.3. The first-order chi connectivity index (χ1) is 8.03. The van der Waals surface area contributed by atoms with Crippen LogP contribution in [-0.2, 0) is 0 Å². The van der Waals surface area contributed by atoms with Crippen LogP contribution in [0.3, 0.4) is 0 Å². The van der Waals surface area contributed by atoms with Crippen LogP contribution in [0.4, 0.5) is 13.2 Å². The lowest BCUT2D eigenvalue weighted by molar-refractivity contribution is -0.275. The van der Waals surface area contributed by atoms with E-state index in [0.717, 1.165) is 18.2 Å². The molecule has 17 heavy (non-hydrogen) atoms. The largest absolute Gasteiger partial charge is 0.573 e. The molecule has 0 amide bonds. The number of rotatable bonds is 6. The molecule has 1 aromatic carbocycles. The summed E-state index contributed by atoms with van der Waals surface area (Å²) in [7, 11) is 0. The molecule has 6 heteroatoms. The van der Waals surface area contributed by atoms with E-state index in [2.05, 4.69) is 20.7 Å². The highest BCUT2D eigenvalue weighted by Crippen LogP contribution is 2.31. The van der Waals surface area contributed by atoms with Gasteiger partial charge in [-0.25, -0.2) is 0 Å². The van der Waals surface area contributed by atoms with Crippen molar-refractivity contribution in [3.05, 3.63) is 24.3 Å². The molecule has 0 heterocycles. The number of alkyl halides is 4. The van der Waals surface area contributed by atoms with E-state index < -0.39 is 6.36 Å². The van der Waals surface area contributed by atoms with Crippen LogP contribution in [-0.4, -0.2) is 18.3 Å². The average molecular weight is 313 g/mol. The van der Waals surface area contributed by atoms with Crippen LogP contribution >= 0.6 is 15.9 Å². The van der Waals surface area contributed by atoms with Crippen molar-refractivity contribution in [2.45, 2.75) is 19.2 Å². The van der Waals surface area contributed by atoms with Crippen LogP contribution in [0.25, 0.3) is 0 Å². The highest BCUT2D eigenvalue weighted by Gasteiger charge is 2.32. The molecule has 0 bridgehead atoms. The van der Waals surface area contributed by atoms with E-state index in [-0.39, 0.29) is 11.5 Å². The minimum absolute atomic E-state index is 0.111. The predicted molar refractivity (Wildman–Crippen MR) is 61.6 cm³/mol. The van der Waals surface area contributed by atoms with Gasteiger partial charge in [0, 0.05) is 5.33 Å². The van der Waals surface area contributed by atoms with Crippen molar-refractivity contribution in [2.24, 2.45) is 0 Å². The molecule has 1 aromatic rings. The highest BCUT2D eigenvalue weighted by molar-refractivity contribution is 9.09. The number of para-hydroxylation sites is 2. The summed E-state index contributed by atoms with van der Waals surface area (Å²) < 4.78 is 45.3. The average Bonchev–Trinajstić information content (AvgIpc) is 2.24. The van der Waals surface area contributed by atoms with Crippen LogP contribution < -0.4 is 9.47 Å². The van der Waals surface area contributed by atoms with E-state index in [9.17, 15) is 13.2 Å². The van der Waals surface area contributed by atoms with Crippen LogP contribution in [0.5, 0.6) is 11.5 Å². The molecule has 0 aliphatic rings. The summed E-state index contributed by atoms with van der Waals surface area (Å²) in [6, 6.07) is 5.75. The molecular weight excluding hydrogens is 301 g/mol. The molecule has 0 aliphatic heterocycles. The molecule has 0 aliphatic carbocycles. The molecule has 0 saturated heterocycles. The predicted octanol–water partition coefficient (Wildman–Crippen LogP) is 4.14. The molecule has 96 valence electrons. The van der Waals surface area contributed by atoms with Crippen molar-refractivity contribution in [1.29, 1.82) is 0 Å². The van der Waals surface area contributed by atoms with E-state index in [4.69, 9.17) is 4.74 Å². The standard InChI is InChI=1S/C11H12BrF3O2/c12-7-3-4-8-16-9-5-1-2-6-10(9)17-11(13,14)15/h1-2,5-6H,3-4,7-8H2. The van der Waals surface area contributed by atoms with Gasteiger partial charge in [0.2, 0.25) is 0 Å². The van der Waals surface area contributed by atoms with Crippen molar-refractivity contribution < 1.29 is 22.6 Å². The minimum atomic E-state index is -4.70. The van der Waals surface area contributed by atoms with E-state index in [1.165, 1.54) is 18.2 Å². The fraction of sp³-hybridized carbons (Fsp3) is 0.455. The Bertz CT molecular complexity index is 342. The maximum Gasteiger partial charge on any atom is 0.573 e. The van der Waals surface area contributed by atoms with Crippen LogP contribution in [0.2, 0.25) is 0 Å². The van der Waals surface area contributed by atoms with E-state index in [1.54, 1.807) is 6.07 Å². The van der Waals surface area contributed by atoms with Gasteiger partial charge in [0.25, 0.3) is 0 Å². The van der Waals surface area contributed by atoms with E-state index >= 15 is 0 Å². The summed E-state index contributed by atoms with van der Waals surface area (Å²) in [5, 5.41) is 0.844. The molecule has 0 N–H and O–H groups in total. The molecule has 0 unspecified atom stereocenters. The van der Waals surface area contributed by atoms with Gasteiger partial charge in [-0.05, 0) is 25.0 Å². The summed E-state index contributed by atoms with van der Waals surface area (Å²) >= 11 is 3.26. The summed E-state index contributed by atoms with van der Waals surface area (Å²) in [6.07, 6.45) is -3.02. The molecular formula is C11H12BrF3O2. The second kappa shape index (κ2) is 6.74. The third-order valence-electron chi connectivity index (χ3n) is 1.86. The number of ether oxygens (including phenoxy) is 2. The molecule has 2 nitrogen and oxygen atoms in total. The number of hydrogen-bond acceptors (Lipinski definition) is 2. The Morgan fingerprint density at radius 1 is 1.06 bits per heavy atom. The SMILES string of the molecule is FC(F)(F)Oc1ccccc1OCCCCBr. The molecule has 0 saturated carbocycles. The molecule has 0 aromatic heterocycles. The third-order valence-corrected chi connectivity index (χ3v) is 2.42. The second-order valence-corrected chi connectivity index (χ2v) is 4.03. The fourth-order valence-electron chi connectivity index (χ4n) is 1.16. The third kappa shape index (κ3) is 5.81. The lowest BCUT2D eigenvalue weighted by Gasteiger charge is -2.13. The maximum atomic E-state index is 12.1. The van der Waals surface area contributed by atoms with Crippen molar-refractivity contribution in [3.63, 3.8) is 0 Å². The van der Waals surface area contributed by atoms with Crippen LogP contribution in [0, 0.1) is 0 Å². The monoisotopic (exact) mass is 312 g/mol. The Balaban J connectivity index is 2.58. The Hall–Kier alpha value is -0.910. The minimum Gasteiger partial charge on any atom is -0.490 e. The van der Waals surface area contributed by atoms with Gasteiger partial charge in [-0.2, -0.15) is 0 Å². The van der Waals surface area contributed by atoms with Crippen molar-refractivity contribution in [3.8, 4) is 11.5 Å². The van der Waals surface area contributed by atoms with Crippen molar-refractivity contribution in [1.82, 2.24) is 0 Å². The van der Waals surface area contributed by atoms with Gasteiger partial charge >= 0.3 is 6.36 Å². The van der Waals surface area contributed by atoms with Gasteiger partial charge in [-0.3, -0.25) is 0 Å². The molecule has 0 radical (unpaired) electrons. The number of unbranched alkanes of at least 4 members (excludes halogenated alkanes) is 1. The Morgan fingerprint density at radius 3 is 2.29 bits per heavy atom. The summed E-state index contributed by atoms with van der Waals surface area (Å²) in [5.41, 5.74) is 0. The summed E-state index contributed by atoms with van der Waals surface area (Å²) in [6.45, 7) is 0.365. The number of hydrogen-bond donors (Lipinski definition) is 0. The number of halogens is 4. The van der Waals surface area contributed by atoms with E-state index in [0.29, 0.717) is 6.61 Å². The van der Waals surface area contributed by atoms with Gasteiger partial charge in [0.1, 0.15) is 0 Å². The maximum absolute atomic E-state index is 12.1. The van der Waals surface area contributed by atoms with Gasteiger partial charge in [-0.1, -0.05) is 28.1 Å². The smallest absolute Gasteiger partial charge is 0.490 e. The molecule has 0 fully saturated rings. The topological polar surface area (TPSA) is 18.5 Å². The number of benzene rings is 1. The van der Waals surface area contributed by atoms with Gasteiger partial charge < -0.3 is 9.47 Å². The zero-order valence-corrected chi connectivity index (χ0v) is 10.6. The van der Waals surface area contributed by atoms with E-state index in [1.807, 2.05) is 0 Å². The van der Waals surface area contributed by atoms with Gasteiger partial charge in [0.15, 0.2) is 11.5 Å². The fourth-order valence-corrected chi connectivity index (χ4v) is 1.55. The molecule has 0 atom stereocenters. The molecule has 0 spiro atoms. The van der Waals surface area contributed by atoms with Gasteiger partial charge in [0.05, 0.1) is 6.61 Å². The zero-order valence-electron chi connectivity index (χ0n) is 8.97. The highest BCUT2D eigenvalue weighted by atomic mass is 79.9. The van der Waals surface area contributed by atoms with Crippen LogP contribution in [0.1, 0.15) is 12.8 Å². The normalized spacial score (nSPS) is 11.3. The van der Waals surface area contributed by atoms with Crippen molar-refractivity contribution >= 4 is 15.9 Å². The Labute approximate surface area is 106 Å². The first-order valence-electron chi connectivity index (χ1n) is 5.06.